The fourth-order valence-corrected chi connectivity index (χ4v) is 4.82. The van der Waals surface area contributed by atoms with Crippen molar-refractivity contribution in [3.05, 3.63) is 80.7 Å². The van der Waals surface area contributed by atoms with Gasteiger partial charge in [-0.3, -0.25) is 19.1 Å². The van der Waals surface area contributed by atoms with Gasteiger partial charge in [0.2, 0.25) is 11.8 Å². The maximum atomic E-state index is 16.4. The van der Waals surface area contributed by atoms with Crippen molar-refractivity contribution < 1.29 is 39.3 Å². The SMILES string of the molecule is [2H]C([2H])(Oc1cc2n(c(=O)c1Cl)C1C(=CN[C@@H](n3cc(F)c(C(C)(C)NC(C)=O)n3)[C@H]1F)OCCO2)c1ncc(F)cc1F. The van der Waals surface area contributed by atoms with Crippen molar-refractivity contribution in [2.24, 2.45) is 0 Å². The zero-order valence-corrected chi connectivity index (χ0v) is 23.0. The van der Waals surface area contributed by atoms with Gasteiger partial charge in [0.05, 0.1) is 20.7 Å². The van der Waals surface area contributed by atoms with Crippen molar-refractivity contribution in [3.8, 4) is 11.6 Å². The molecule has 5 heterocycles. The summed E-state index contributed by atoms with van der Waals surface area (Å²) >= 11 is 6.28. The van der Waals surface area contributed by atoms with Gasteiger partial charge in [0.15, 0.2) is 24.0 Å². The second-order valence-electron chi connectivity index (χ2n) is 9.88. The van der Waals surface area contributed by atoms with Crippen LogP contribution in [-0.4, -0.2) is 44.6 Å². The van der Waals surface area contributed by atoms with Crippen LogP contribution in [0.2, 0.25) is 5.02 Å². The van der Waals surface area contributed by atoms with Crippen LogP contribution in [0, 0.1) is 17.5 Å². The Hall–Kier alpha value is -4.27. The second kappa shape index (κ2) is 11.2. The Morgan fingerprint density at radius 1 is 1.29 bits per heavy atom. The summed E-state index contributed by atoms with van der Waals surface area (Å²) in [5, 5.41) is 8.76. The molecule has 0 saturated carbocycles. The van der Waals surface area contributed by atoms with Crippen LogP contribution in [0.25, 0.3) is 0 Å². The van der Waals surface area contributed by atoms with Gasteiger partial charge >= 0.3 is 0 Å². The molecule has 0 aliphatic carbocycles. The summed E-state index contributed by atoms with van der Waals surface area (Å²) in [5.74, 6) is -4.60. The number of carbonyl (C=O) groups excluding carboxylic acids is 1. The third-order valence-electron chi connectivity index (χ3n) is 6.40. The molecule has 2 aliphatic heterocycles. The van der Waals surface area contributed by atoms with Gasteiger partial charge in [0, 0.05) is 25.3 Å². The van der Waals surface area contributed by atoms with Gasteiger partial charge in [-0.1, -0.05) is 11.6 Å². The third kappa shape index (κ3) is 5.47. The van der Waals surface area contributed by atoms with E-state index in [1.54, 1.807) is 0 Å². The van der Waals surface area contributed by atoms with Crippen LogP contribution in [0.1, 0.15) is 47.1 Å². The molecular formula is C26H25ClF4N6O5. The maximum absolute atomic E-state index is 16.4. The summed E-state index contributed by atoms with van der Waals surface area (Å²) in [6.07, 6.45) is -0.668. The molecule has 3 aromatic heterocycles. The monoisotopic (exact) mass is 614 g/mol. The first-order valence-corrected chi connectivity index (χ1v) is 12.8. The first-order valence-electron chi connectivity index (χ1n) is 13.5. The van der Waals surface area contributed by atoms with Crippen LogP contribution in [0.5, 0.6) is 11.6 Å². The highest BCUT2D eigenvalue weighted by Gasteiger charge is 2.43. The topological polar surface area (TPSA) is 122 Å². The molecule has 42 heavy (non-hydrogen) atoms. The zero-order valence-electron chi connectivity index (χ0n) is 24.3. The Labute approximate surface area is 243 Å². The number of halogens is 5. The number of pyridine rings is 2. The highest BCUT2D eigenvalue weighted by molar-refractivity contribution is 6.31. The normalized spacial score (nSPS) is 21.0. The predicted molar refractivity (Wildman–Crippen MR) is 139 cm³/mol. The van der Waals surface area contributed by atoms with E-state index in [0.29, 0.717) is 12.3 Å². The summed E-state index contributed by atoms with van der Waals surface area (Å²) in [4.78, 5) is 28.6. The van der Waals surface area contributed by atoms with Crippen molar-refractivity contribution in [1.82, 2.24) is 30.0 Å². The average Bonchev–Trinajstić information content (AvgIpc) is 3.30. The van der Waals surface area contributed by atoms with E-state index in [2.05, 4.69) is 20.7 Å². The van der Waals surface area contributed by atoms with Gasteiger partial charge in [0.25, 0.3) is 5.56 Å². The van der Waals surface area contributed by atoms with E-state index in [4.69, 9.17) is 28.6 Å². The number of hydrogen-bond donors (Lipinski definition) is 2. The first kappa shape index (κ1) is 26.6. The number of nitrogens with one attached hydrogen (secondary N) is 2. The minimum absolute atomic E-state index is 0.0375. The molecule has 0 saturated heterocycles. The van der Waals surface area contributed by atoms with Crippen LogP contribution < -0.4 is 25.7 Å². The van der Waals surface area contributed by atoms with E-state index < -0.39 is 75.9 Å². The van der Waals surface area contributed by atoms with Gasteiger partial charge in [-0.15, -0.1) is 0 Å². The molecule has 3 atom stereocenters. The van der Waals surface area contributed by atoms with E-state index in [9.17, 15) is 22.8 Å². The third-order valence-corrected chi connectivity index (χ3v) is 6.75. The molecule has 11 nitrogen and oxygen atoms in total. The molecule has 0 aromatic carbocycles. The molecule has 2 aliphatic rings. The molecule has 16 heteroatoms. The number of allylic oxidation sites excluding steroid dienone is 1. The number of amides is 1. The lowest BCUT2D eigenvalue weighted by Crippen LogP contribution is -2.46. The minimum atomic E-state index is -3.03. The number of hydrogen-bond acceptors (Lipinski definition) is 8. The van der Waals surface area contributed by atoms with E-state index >= 15 is 4.39 Å². The average molecular weight is 615 g/mol. The van der Waals surface area contributed by atoms with Crippen LogP contribution in [0.15, 0.2) is 41.3 Å². The molecule has 0 radical (unpaired) electrons. The highest BCUT2D eigenvalue weighted by atomic mass is 35.5. The van der Waals surface area contributed by atoms with E-state index in [-0.39, 0.29) is 30.5 Å². The van der Waals surface area contributed by atoms with Gasteiger partial charge in [-0.2, -0.15) is 5.10 Å². The largest absolute Gasteiger partial charge is 0.491 e. The lowest BCUT2D eigenvalue weighted by atomic mass is 10.0. The molecular weight excluding hydrogens is 588 g/mol. The van der Waals surface area contributed by atoms with Crippen LogP contribution in [0.3, 0.4) is 0 Å². The fraction of sp³-hybridized carbons (Fsp3) is 0.385. The van der Waals surface area contributed by atoms with E-state index in [1.807, 2.05) is 0 Å². The molecule has 3 aromatic rings. The molecule has 0 fully saturated rings. The summed E-state index contributed by atoms with van der Waals surface area (Å²) in [7, 11) is 0. The highest BCUT2D eigenvalue weighted by Crippen LogP contribution is 2.39. The Morgan fingerprint density at radius 3 is 2.74 bits per heavy atom. The molecule has 2 N–H and O–H groups in total. The molecule has 0 spiro atoms. The van der Waals surface area contributed by atoms with Crippen molar-refractivity contribution in [2.45, 2.75) is 51.2 Å². The number of nitrogens with zero attached hydrogens (tertiary/aromatic N) is 4. The molecule has 224 valence electrons. The number of aromatic nitrogens is 4. The summed E-state index contributed by atoms with van der Waals surface area (Å²) in [5.41, 5.74) is -3.42. The smallest absolute Gasteiger partial charge is 0.276 e. The van der Waals surface area contributed by atoms with Gasteiger partial charge in [-0.25, -0.2) is 22.2 Å². The molecule has 1 amide bonds. The Bertz CT molecular complexity index is 1720. The number of rotatable bonds is 6. The number of fused-ring (bicyclic) bond motifs is 3. The number of alkyl halides is 1. The van der Waals surface area contributed by atoms with Crippen LogP contribution in [-0.2, 0) is 21.6 Å². The quantitative estimate of drug-likeness (QED) is 0.406. The molecule has 5 rings (SSSR count). The van der Waals surface area contributed by atoms with Gasteiger partial charge < -0.3 is 24.8 Å². The second-order valence-corrected chi connectivity index (χ2v) is 10.3. The van der Waals surface area contributed by atoms with Crippen molar-refractivity contribution in [1.29, 1.82) is 0 Å². The predicted octanol–water partition coefficient (Wildman–Crippen LogP) is 3.39. The maximum Gasteiger partial charge on any atom is 0.276 e. The Morgan fingerprint density at radius 2 is 2.02 bits per heavy atom. The number of carbonyl (C=O) groups is 1. The van der Waals surface area contributed by atoms with E-state index in [0.717, 1.165) is 21.5 Å². The minimum Gasteiger partial charge on any atom is -0.491 e. The first-order chi connectivity index (χ1) is 20.6. The van der Waals surface area contributed by atoms with Crippen LogP contribution >= 0.6 is 11.6 Å². The number of ether oxygens (including phenoxy) is 3. The standard InChI is InChI=1S/C26H25ClF4N6O5/c1-12(38)34-26(2,3)23-15(30)10-36(35-23)24-21(31)22-18(9-33-24)40-4-5-41-19-7-17(20(27)25(39)37(19)22)42-11-16-14(29)6-13(28)8-32-16/h6-10,21-22,24,33H,4-5,11H2,1-3H3,(H,34,38)/t21-,22?,24-/m0/s1/i11D2. The van der Waals surface area contributed by atoms with Crippen molar-refractivity contribution in [3.63, 3.8) is 0 Å². The van der Waals surface area contributed by atoms with Gasteiger partial charge in [0.1, 0.15) is 59.6 Å². The van der Waals surface area contributed by atoms with E-state index in [1.165, 1.54) is 27.0 Å². The van der Waals surface area contributed by atoms with Gasteiger partial charge in [-0.05, 0) is 13.8 Å². The zero-order chi connectivity index (χ0) is 32.1. The van der Waals surface area contributed by atoms with Crippen molar-refractivity contribution in [2.75, 3.05) is 13.2 Å². The Balaban J connectivity index is 1.54. The summed E-state index contributed by atoms with van der Waals surface area (Å²) in [6.45, 7) is 1.03. The lowest BCUT2D eigenvalue weighted by molar-refractivity contribution is -0.120. The van der Waals surface area contributed by atoms with Crippen molar-refractivity contribution >= 4 is 17.5 Å². The molecule has 0 bridgehead atoms. The fourth-order valence-electron chi connectivity index (χ4n) is 4.63. The van der Waals surface area contributed by atoms with Crippen LogP contribution in [0.4, 0.5) is 17.6 Å². The summed E-state index contributed by atoms with van der Waals surface area (Å²) in [6, 6.07) is -0.124. The molecule has 1 unspecified atom stereocenters. The summed E-state index contributed by atoms with van der Waals surface area (Å²) < 4.78 is 93.6. The lowest BCUT2D eigenvalue weighted by Gasteiger charge is -2.37. The Kier molecular flexibility index (Phi) is 7.09.